The Hall–Kier alpha value is -2.67. The molecule has 0 aliphatic rings. The van der Waals surface area contributed by atoms with Gasteiger partial charge in [-0.2, -0.15) is 0 Å². The number of amides is 1. The van der Waals surface area contributed by atoms with Crippen molar-refractivity contribution in [3.05, 3.63) is 42.5 Å². The second kappa shape index (κ2) is 8.26. The van der Waals surface area contributed by atoms with Gasteiger partial charge >= 0.3 is 0 Å². The van der Waals surface area contributed by atoms with Crippen LogP contribution in [0.25, 0.3) is 0 Å². The Bertz CT molecular complexity index is 657. The summed E-state index contributed by atoms with van der Waals surface area (Å²) in [5.41, 5.74) is 1.49. The molecule has 24 heavy (non-hydrogen) atoms. The number of likely N-dealkylation sites (N-methyl/N-ethyl adjacent to an activating group) is 1. The zero-order valence-electron chi connectivity index (χ0n) is 14.3. The molecule has 0 aliphatic heterocycles. The molecule has 1 amide bonds. The molecular formula is C17H22N4O3. The molecule has 7 heteroatoms. The van der Waals surface area contributed by atoms with Crippen LogP contribution in [0.4, 0.5) is 5.69 Å². The van der Waals surface area contributed by atoms with Crippen LogP contribution in [0.2, 0.25) is 0 Å². The fourth-order valence-electron chi connectivity index (χ4n) is 2.22. The Kier molecular flexibility index (Phi) is 6.08. The van der Waals surface area contributed by atoms with E-state index in [4.69, 9.17) is 9.47 Å². The first-order valence-corrected chi connectivity index (χ1v) is 7.52. The summed E-state index contributed by atoms with van der Waals surface area (Å²) in [5, 5.41) is 2.86. The van der Waals surface area contributed by atoms with Crippen molar-refractivity contribution < 1.29 is 14.3 Å². The van der Waals surface area contributed by atoms with Gasteiger partial charge < -0.3 is 14.8 Å². The number of rotatable bonds is 7. The molecule has 0 bridgehead atoms. The lowest BCUT2D eigenvalue weighted by atomic mass is 10.2. The first-order valence-electron chi connectivity index (χ1n) is 7.52. The third-order valence-electron chi connectivity index (χ3n) is 3.72. The number of anilines is 1. The quantitative estimate of drug-likeness (QED) is 0.838. The number of hydrogen-bond donors (Lipinski definition) is 1. The first-order chi connectivity index (χ1) is 11.5. The van der Waals surface area contributed by atoms with Gasteiger partial charge in [-0.05, 0) is 20.0 Å². The van der Waals surface area contributed by atoms with E-state index in [1.165, 1.54) is 6.33 Å². The molecule has 0 spiro atoms. The zero-order chi connectivity index (χ0) is 17.5. The minimum atomic E-state index is -0.131. The van der Waals surface area contributed by atoms with Crippen LogP contribution in [0.1, 0.15) is 18.7 Å². The normalized spacial score (nSPS) is 11.9. The Labute approximate surface area is 141 Å². The molecule has 0 fully saturated rings. The second-order valence-electron chi connectivity index (χ2n) is 5.37. The van der Waals surface area contributed by atoms with Crippen molar-refractivity contribution in [1.82, 2.24) is 14.9 Å². The van der Waals surface area contributed by atoms with Gasteiger partial charge in [0.05, 0.1) is 26.5 Å². The van der Waals surface area contributed by atoms with Crippen LogP contribution >= 0.6 is 0 Å². The van der Waals surface area contributed by atoms with Crippen LogP contribution < -0.4 is 14.8 Å². The lowest BCUT2D eigenvalue weighted by molar-refractivity contribution is -0.117. The summed E-state index contributed by atoms with van der Waals surface area (Å²) >= 11 is 0. The summed E-state index contributed by atoms with van der Waals surface area (Å²) in [6.07, 6.45) is 3.19. The lowest BCUT2D eigenvalue weighted by Crippen LogP contribution is -2.32. The van der Waals surface area contributed by atoms with E-state index >= 15 is 0 Å². The van der Waals surface area contributed by atoms with Crippen LogP contribution in [0.15, 0.2) is 36.8 Å². The SMILES string of the molecule is COc1cc(NC(=O)CN(C)[C@H](C)c2ccncn2)cc(OC)c1. The van der Waals surface area contributed by atoms with E-state index in [-0.39, 0.29) is 18.5 Å². The van der Waals surface area contributed by atoms with E-state index in [1.807, 2.05) is 24.9 Å². The molecule has 2 aromatic rings. The monoisotopic (exact) mass is 330 g/mol. The summed E-state index contributed by atoms with van der Waals surface area (Å²) < 4.78 is 10.4. The number of benzene rings is 1. The van der Waals surface area contributed by atoms with Crippen molar-refractivity contribution in [2.45, 2.75) is 13.0 Å². The molecule has 0 unspecified atom stereocenters. The van der Waals surface area contributed by atoms with Crippen molar-refractivity contribution in [2.24, 2.45) is 0 Å². The molecular weight excluding hydrogens is 308 g/mol. The Balaban J connectivity index is 2.00. The molecule has 1 heterocycles. The largest absolute Gasteiger partial charge is 0.497 e. The molecule has 2 rings (SSSR count). The third-order valence-corrected chi connectivity index (χ3v) is 3.72. The average molecular weight is 330 g/mol. The fraction of sp³-hybridized carbons (Fsp3) is 0.353. The molecule has 1 atom stereocenters. The fourth-order valence-corrected chi connectivity index (χ4v) is 2.22. The van der Waals surface area contributed by atoms with Crippen LogP contribution in [0.3, 0.4) is 0 Å². The number of ether oxygens (including phenoxy) is 2. The smallest absolute Gasteiger partial charge is 0.238 e. The second-order valence-corrected chi connectivity index (χ2v) is 5.37. The summed E-state index contributed by atoms with van der Waals surface area (Å²) in [5.74, 6) is 1.11. The highest BCUT2D eigenvalue weighted by Gasteiger charge is 2.16. The highest BCUT2D eigenvalue weighted by Crippen LogP contribution is 2.25. The highest BCUT2D eigenvalue weighted by molar-refractivity contribution is 5.92. The van der Waals surface area contributed by atoms with Gasteiger partial charge in [-0.3, -0.25) is 9.69 Å². The van der Waals surface area contributed by atoms with Crippen LogP contribution in [-0.4, -0.2) is 48.6 Å². The lowest BCUT2D eigenvalue weighted by Gasteiger charge is -2.23. The third kappa shape index (κ3) is 4.66. The van der Waals surface area contributed by atoms with Gasteiger partial charge in [0.2, 0.25) is 5.91 Å². The van der Waals surface area contributed by atoms with Crippen LogP contribution in [0.5, 0.6) is 11.5 Å². The average Bonchev–Trinajstić information content (AvgIpc) is 2.61. The van der Waals surface area contributed by atoms with Crippen molar-refractivity contribution >= 4 is 11.6 Å². The summed E-state index contributed by atoms with van der Waals surface area (Å²) in [7, 11) is 5.01. The predicted molar refractivity (Wildman–Crippen MR) is 91.3 cm³/mol. The van der Waals surface area contributed by atoms with Gasteiger partial charge in [-0.1, -0.05) is 0 Å². The molecule has 0 aliphatic carbocycles. The Morgan fingerprint density at radius 2 is 1.92 bits per heavy atom. The molecule has 7 nitrogen and oxygen atoms in total. The molecule has 0 saturated carbocycles. The standard InChI is InChI=1S/C17H22N4O3/c1-12(16-5-6-18-11-19-16)21(2)10-17(22)20-13-7-14(23-3)9-15(8-13)24-4/h5-9,11-12H,10H2,1-4H3,(H,20,22)/t12-/m1/s1. The van der Waals surface area contributed by atoms with E-state index in [1.54, 1.807) is 38.6 Å². The predicted octanol–water partition coefficient (Wildman–Crippen LogP) is 2.13. The number of methoxy groups -OCH3 is 2. The van der Waals surface area contributed by atoms with E-state index in [2.05, 4.69) is 15.3 Å². The van der Waals surface area contributed by atoms with Crippen LogP contribution in [0, 0.1) is 0 Å². The summed E-state index contributed by atoms with van der Waals surface area (Å²) in [6, 6.07) is 7.08. The molecule has 128 valence electrons. The summed E-state index contributed by atoms with van der Waals surface area (Å²) in [6.45, 7) is 2.22. The Morgan fingerprint density at radius 1 is 1.25 bits per heavy atom. The van der Waals surface area contributed by atoms with Gasteiger partial charge in [-0.25, -0.2) is 9.97 Å². The number of nitrogens with one attached hydrogen (secondary N) is 1. The van der Waals surface area contributed by atoms with Gasteiger partial charge in [-0.15, -0.1) is 0 Å². The molecule has 0 radical (unpaired) electrons. The minimum absolute atomic E-state index is 0.00130. The van der Waals surface area contributed by atoms with Gasteiger partial charge in [0.1, 0.15) is 17.8 Å². The summed E-state index contributed by atoms with van der Waals surface area (Å²) in [4.78, 5) is 22.3. The van der Waals surface area contributed by atoms with Crippen molar-refractivity contribution in [3.63, 3.8) is 0 Å². The number of aromatic nitrogens is 2. The van der Waals surface area contributed by atoms with Crippen molar-refractivity contribution in [1.29, 1.82) is 0 Å². The van der Waals surface area contributed by atoms with Gasteiger partial charge in [0, 0.05) is 36.1 Å². The van der Waals surface area contributed by atoms with Gasteiger partial charge in [0.15, 0.2) is 0 Å². The highest BCUT2D eigenvalue weighted by atomic mass is 16.5. The molecule has 1 aromatic carbocycles. The van der Waals surface area contributed by atoms with Crippen molar-refractivity contribution in [3.8, 4) is 11.5 Å². The van der Waals surface area contributed by atoms with E-state index in [0.29, 0.717) is 17.2 Å². The molecule has 0 saturated heterocycles. The van der Waals surface area contributed by atoms with E-state index < -0.39 is 0 Å². The maximum Gasteiger partial charge on any atom is 0.238 e. The molecule has 1 N–H and O–H groups in total. The van der Waals surface area contributed by atoms with Crippen LogP contribution in [-0.2, 0) is 4.79 Å². The number of nitrogens with zero attached hydrogens (tertiary/aromatic N) is 3. The number of carbonyl (C=O) groups excluding carboxylic acids is 1. The van der Waals surface area contributed by atoms with Crippen molar-refractivity contribution in [2.75, 3.05) is 33.1 Å². The van der Waals surface area contributed by atoms with E-state index in [9.17, 15) is 4.79 Å². The zero-order valence-corrected chi connectivity index (χ0v) is 14.3. The maximum atomic E-state index is 12.3. The topological polar surface area (TPSA) is 76.6 Å². The number of carbonyl (C=O) groups is 1. The number of hydrogen-bond acceptors (Lipinski definition) is 6. The van der Waals surface area contributed by atoms with E-state index in [0.717, 1.165) is 5.69 Å². The maximum absolute atomic E-state index is 12.3. The molecule has 1 aromatic heterocycles. The Morgan fingerprint density at radius 3 is 2.46 bits per heavy atom. The van der Waals surface area contributed by atoms with Gasteiger partial charge in [0.25, 0.3) is 0 Å². The first kappa shape index (κ1) is 17.7. The minimum Gasteiger partial charge on any atom is -0.497 e.